The summed E-state index contributed by atoms with van der Waals surface area (Å²) in [6.45, 7) is 6.77. The smallest absolute Gasteiger partial charge is 0.155 e. The molecule has 2 nitrogen and oxygen atoms in total. The van der Waals surface area contributed by atoms with Gasteiger partial charge in [-0.2, -0.15) is 0 Å². The topological polar surface area (TPSA) is 37.3 Å². The Balaban J connectivity index is 1.67. The van der Waals surface area contributed by atoms with E-state index in [0.29, 0.717) is 11.7 Å². The van der Waals surface area contributed by atoms with Gasteiger partial charge in [-0.05, 0) is 85.7 Å². The van der Waals surface area contributed by atoms with E-state index in [0.717, 1.165) is 37.5 Å². The highest BCUT2D eigenvalue weighted by Gasteiger charge is 2.57. The molecule has 0 spiro atoms. The van der Waals surface area contributed by atoms with Crippen LogP contribution >= 0.6 is 0 Å². The number of aliphatic hydroxyl groups is 1. The third kappa shape index (κ3) is 2.06. The lowest BCUT2D eigenvalue weighted by Gasteiger charge is -2.58. The van der Waals surface area contributed by atoms with Crippen LogP contribution in [0.3, 0.4) is 0 Å². The maximum atomic E-state index is 11.9. The minimum atomic E-state index is -0.302. The van der Waals surface area contributed by atoms with Crippen molar-refractivity contribution in [2.75, 3.05) is 0 Å². The molecule has 4 aliphatic carbocycles. The molecule has 0 unspecified atom stereocenters. The fraction of sp³-hybridized carbons (Fsp3) is 0.762. The van der Waals surface area contributed by atoms with E-state index in [1.807, 2.05) is 13.0 Å². The number of carbonyl (C=O) groups excluding carboxylic acids is 1. The van der Waals surface area contributed by atoms with E-state index in [1.165, 1.54) is 30.4 Å². The highest BCUT2D eigenvalue weighted by Crippen LogP contribution is 2.65. The summed E-state index contributed by atoms with van der Waals surface area (Å²) in [4.78, 5) is 11.9. The predicted octanol–water partition coefficient (Wildman–Crippen LogP) is 4.44. The Morgan fingerprint density at radius 1 is 1.13 bits per heavy atom. The number of rotatable bonds is 1. The molecule has 0 bridgehead atoms. The van der Waals surface area contributed by atoms with Crippen molar-refractivity contribution in [2.24, 2.45) is 28.6 Å². The molecule has 0 aromatic carbocycles. The van der Waals surface area contributed by atoms with E-state index in [9.17, 15) is 9.90 Å². The average molecular weight is 314 g/mol. The Morgan fingerprint density at radius 3 is 2.65 bits per heavy atom. The summed E-state index contributed by atoms with van der Waals surface area (Å²) in [7, 11) is 0. The first-order chi connectivity index (χ1) is 10.9. The Hall–Kier alpha value is -0.890. The van der Waals surface area contributed by atoms with Gasteiger partial charge in [0.2, 0.25) is 0 Å². The van der Waals surface area contributed by atoms with Crippen LogP contribution in [-0.2, 0) is 4.79 Å². The zero-order valence-corrected chi connectivity index (χ0v) is 14.8. The van der Waals surface area contributed by atoms with Gasteiger partial charge in [-0.3, -0.25) is 4.79 Å². The summed E-state index contributed by atoms with van der Waals surface area (Å²) >= 11 is 0. The van der Waals surface area contributed by atoms with Gasteiger partial charge in [0.1, 0.15) is 0 Å². The first kappa shape index (κ1) is 15.6. The third-order valence-corrected chi connectivity index (χ3v) is 8.05. The highest BCUT2D eigenvalue weighted by molar-refractivity contribution is 5.91. The largest absolute Gasteiger partial charge is 0.389 e. The predicted molar refractivity (Wildman–Crippen MR) is 91.9 cm³/mol. The molecule has 2 fully saturated rings. The molecule has 0 aliphatic heterocycles. The molecule has 0 amide bonds. The molecule has 2 saturated carbocycles. The van der Waals surface area contributed by atoms with Crippen molar-refractivity contribution in [3.63, 3.8) is 0 Å². The number of ketones is 1. The van der Waals surface area contributed by atoms with E-state index in [1.54, 1.807) is 0 Å². The first-order valence-electron chi connectivity index (χ1n) is 9.49. The molecule has 1 N–H and O–H groups in total. The fourth-order valence-corrected chi connectivity index (χ4v) is 6.81. The molecule has 23 heavy (non-hydrogen) atoms. The van der Waals surface area contributed by atoms with E-state index < -0.39 is 0 Å². The van der Waals surface area contributed by atoms with Crippen LogP contribution in [0.5, 0.6) is 0 Å². The molecule has 4 aliphatic rings. The van der Waals surface area contributed by atoms with Crippen LogP contribution in [0.2, 0.25) is 0 Å². The SMILES string of the molecule is C[C@@H](O)C1=CC[C@H]2[C@@H]3CCC4=CC(=O)CC[C@]4(C)[C@H]3CC[C@]12C. The van der Waals surface area contributed by atoms with E-state index in [2.05, 4.69) is 19.9 Å². The van der Waals surface area contributed by atoms with Gasteiger partial charge < -0.3 is 5.11 Å². The van der Waals surface area contributed by atoms with Crippen LogP contribution in [0.4, 0.5) is 0 Å². The van der Waals surface area contributed by atoms with Crippen LogP contribution in [0.15, 0.2) is 23.3 Å². The highest BCUT2D eigenvalue weighted by atomic mass is 16.3. The van der Waals surface area contributed by atoms with Gasteiger partial charge in [-0.25, -0.2) is 0 Å². The molecule has 4 rings (SSSR count). The van der Waals surface area contributed by atoms with E-state index in [-0.39, 0.29) is 16.9 Å². The number of aliphatic hydroxyl groups excluding tert-OH is 1. The molecule has 0 heterocycles. The number of allylic oxidation sites excluding steroid dienone is 3. The summed E-state index contributed by atoms with van der Waals surface area (Å²) in [5.74, 6) is 2.53. The van der Waals surface area contributed by atoms with Crippen molar-refractivity contribution in [1.82, 2.24) is 0 Å². The van der Waals surface area contributed by atoms with Crippen LogP contribution in [-0.4, -0.2) is 17.0 Å². The molecule has 0 radical (unpaired) electrons. The standard InChI is InChI=1S/C21H30O2/c1-13(22)17-6-7-18-16-5-4-14-12-15(23)8-10-20(14,2)19(16)9-11-21(17,18)3/h6,12-13,16,18-19,22H,4-5,7-11H2,1-3H3/t13-,16+,18+,19+,20+,21-/m1/s1. The van der Waals surface area contributed by atoms with Crippen LogP contribution in [0, 0.1) is 28.6 Å². The monoisotopic (exact) mass is 314 g/mol. The number of carbonyl (C=O) groups is 1. The van der Waals surface area contributed by atoms with Gasteiger partial charge in [0.25, 0.3) is 0 Å². The molecule has 0 aromatic rings. The maximum Gasteiger partial charge on any atom is 0.155 e. The molecule has 0 saturated heterocycles. The minimum Gasteiger partial charge on any atom is -0.389 e. The summed E-state index contributed by atoms with van der Waals surface area (Å²) in [5, 5.41) is 10.2. The minimum absolute atomic E-state index is 0.206. The first-order valence-corrected chi connectivity index (χ1v) is 9.49. The van der Waals surface area contributed by atoms with Crippen LogP contribution < -0.4 is 0 Å². The van der Waals surface area contributed by atoms with Crippen molar-refractivity contribution in [2.45, 2.75) is 71.8 Å². The maximum absolute atomic E-state index is 11.9. The van der Waals surface area contributed by atoms with E-state index in [4.69, 9.17) is 0 Å². The van der Waals surface area contributed by atoms with Gasteiger partial charge in [0, 0.05) is 6.42 Å². The van der Waals surface area contributed by atoms with Gasteiger partial charge in [-0.15, -0.1) is 0 Å². The summed E-state index contributed by atoms with van der Waals surface area (Å²) in [6.07, 6.45) is 11.8. The fourth-order valence-electron chi connectivity index (χ4n) is 6.81. The van der Waals surface area contributed by atoms with Gasteiger partial charge in [0.05, 0.1) is 6.10 Å². The molecule has 2 heteroatoms. The quantitative estimate of drug-likeness (QED) is 0.727. The molecular weight excluding hydrogens is 284 g/mol. The Kier molecular flexibility index (Phi) is 3.43. The Labute approximate surface area is 140 Å². The van der Waals surface area contributed by atoms with E-state index >= 15 is 0 Å². The average Bonchev–Trinajstić information content (AvgIpc) is 2.85. The number of hydrogen-bond donors (Lipinski definition) is 1. The molecular formula is C21H30O2. The lowest BCUT2D eigenvalue weighted by molar-refractivity contribution is -0.117. The second-order valence-electron chi connectivity index (χ2n) is 9.00. The normalized spacial score (nSPS) is 47.1. The molecule has 126 valence electrons. The molecule has 6 atom stereocenters. The Morgan fingerprint density at radius 2 is 1.91 bits per heavy atom. The molecule has 0 aromatic heterocycles. The summed E-state index contributed by atoms with van der Waals surface area (Å²) in [6, 6.07) is 0. The second-order valence-corrected chi connectivity index (χ2v) is 9.00. The summed E-state index contributed by atoms with van der Waals surface area (Å²) < 4.78 is 0. The Bertz CT molecular complexity index is 599. The number of fused-ring (bicyclic) bond motifs is 5. The van der Waals surface area contributed by atoms with Crippen LogP contribution in [0.25, 0.3) is 0 Å². The van der Waals surface area contributed by atoms with Crippen LogP contribution in [0.1, 0.15) is 65.7 Å². The summed E-state index contributed by atoms with van der Waals surface area (Å²) in [5.41, 5.74) is 3.20. The second kappa shape index (κ2) is 5.05. The lowest BCUT2D eigenvalue weighted by atomic mass is 9.47. The zero-order chi connectivity index (χ0) is 16.4. The van der Waals surface area contributed by atoms with Crippen molar-refractivity contribution >= 4 is 5.78 Å². The van der Waals surface area contributed by atoms with Gasteiger partial charge in [-0.1, -0.05) is 25.5 Å². The van der Waals surface area contributed by atoms with Gasteiger partial charge in [0.15, 0.2) is 5.78 Å². The van der Waals surface area contributed by atoms with Crippen molar-refractivity contribution < 1.29 is 9.90 Å². The lowest BCUT2D eigenvalue weighted by Crippen LogP contribution is -2.50. The van der Waals surface area contributed by atoms with Gasteiger partial charge >= 0.3 is 0 Å². The van der Waals surface area contributed by atoms with Crippen molar-refractivity contribution in [3.05, 3.63) is 23.3 Å². The zero-order valence-electron chi connectivity index (χ0n) is 14.8. The van der Waals surface area contributed by atoms with Crippen molar-refractivity contribution in [3.8, 4) is 0 Å². The number of hydrogen-bond acceptors (Lipinski definition) is 2. The third-order valence-electron chi connectivity index (χ3n) is 8.05. The van der Waals surface area contributed by atoms with Crippen molar-refractivity contribution in [1.29, 1.82) is 0 Å².